The molecule has 0 aromatic heterocycles. The molecule has 1 aliphatic rings. The zero-order chi connectivity index (χ0) is 11.7. The van der Waals surface area contributed by atoms with Crippen LogP contribution < -0.4 is 15.3 Å². The minimum absolute atomic E-state index is 0.0231. The van der Waals surface area contributed by atoms with Crippen molar-refractivity contribution in [2.75, 3.05) is 31.0 Å². The van der Waals surface area contributed by atoms with Crippen molar-refractivity contribution in [2.45, 2.75) is 13.3 Å². The van der Waals surface area contributed by atoms with Gasteiger partial charge in [0.25, 0.3) is 0 Å². The summed E-state index contributed by atoms with van der Waals surface area (Å²) in [6, 6.07) is 6.08. The van der Waals surface area contributed by atoms with Crippen molar-refractivity contribution in [3.8, 4) is 0 Å². The van der Waals surface area contributed by atoms with Crippen LogP contribution in [-0.4, -0.2) is 26.5 Å². The Labute approximate surface area is 95.8 Å². The first-order valence-corrected chi connectivity index (χ1v) is 5.55. The molecule has 0 bridgehead atoms. The summed E-state index contributed by atoms with van der Waals surface area (Å²) in [4.78, 5) is 11.2. The van der Waals surface area contributed by atoms with Gasteiger partial charge >= 0.3 is 0 Å². The molecular formula is C12H18N3O+. The number of benzene rings is 1. The average molecular weight is 220 g/mol. The Hall–Kier alpha value is -1.55. The molecule has 2 rings (SSSR count). The summed E-state index contributed by atoms with van der Waals surface area (Å²) in [6.45, 7) is 2.63. The van der Waals surface area contributed by atoms with E-state index in [9.17, 15) is 4.79 Å². The maximum absolute atomic E-state index is 11.2. The monoisotopic (exact) mass is 220 g/mol. The molecule has 86 valence electrons. The zero-order valence-corrected chi connectivity index (χ0v) is 10.0. The molecule has 0 radical (unpaired) electrons. The van der Waals surface area contributed by atoms with Gasteiger partial charge in [0, 0.05) is 13.3 Å². The Kier molecular flexibility index (Phi) is 2.83. The summed E-state index contributed by atoms with van der Waals surface area (Å²) >= 11 is 0. The number of nitrogens with one attached hydrogen (secondary N) is 2. The standard InChI is InChI=1S/C12H17N3O/c1-9(16)13-11-6-4-5-10-7-8-14(2)15(3)12(10)11/h4-6H,7-8H2,1-3H3,(H,13,16)/p+1. The van der Waals surface area contributed by atoms with Crippen LogP contribution in [-0.2, 0) is 11.2 Å². The minimum atomic E-state index is -0.0231. The molecule has 0 aliphatic carbocycles. The molecule has 1 aromatic carbocycles. The second-order valence-electron chi connectivity index (χ2n) is 4.29. The van der Waals surface area contributed by atoms with E-state index in [1.54, 1.807) is 6.92 Å². The molecular weight excluding hydrogens is 202 g/mol. The molecule has 16 heavy (non-hydrogen) atoms. The largest absolute Gasteiger partial charge is 0.324 e. The molecule has 0 fully saturated rings. The molecule has 4 nitrogen and oxygen atoms in total. The van der Waals surface area contributed by atoms with Gasteiger partial charge in [0.1, 0.15) is 12.2 Å². The van der Waals surface area contributed by atoms with Crippen LogP contribution in [0.5, 0.6) is 0 Å². The third-order valence-electron chi connectivity index (χ3n) is 3.09. The number of hydrogen-bond acceptors (Lipinski definition) is 2. The number of carbonyl (C=O) groups is 1. The van der Waals surface area contributed by atoms with Crippen LogP contribution in [0.3, 0.4) is 0 Å². The molecule has 1 atom stereocenters. The Bertz CT molecular complexity index is 417. The normalized spacial score (nSPS) is 19.2. The highest BCUT2D eigenvalue weighted by atomic mass is 16.1. The number of rotatable bonds is 1. The van der Waals surface area contributed by atoms with E-state index in [-0.39, 0.29) is 5.91 Å². The fourth-order valence-corrected chi connectivity index (χ4v) is 2.15. The van der Waals surface area contributed by atoms with E-state index in [2.05, 4.69) is 30.5 Å². The SMILES string of the molecule is CC(=O)Nc1cccc2c1N(C)[NH+](C)CC2. The van der Waals surface area contributed by atoms with Gasteiger partial charge < -0.3 is 5.32 Å². The van der Waals surface area contributed by atoms with Gasteiger partial charge in [-0.05, 0) is 11.6 Å². The number of carbonyl (C=O) groups excluding carboxylic acids is 1. The van der Waals surface area contributed by atoms with Crippen LogP contribution in [0.4, 0.5) is 11.4 Å². The topological polar surface area (TPSA) is 36.8 Å². The van der Waals surface area contributed by atoms with E-state index < -0.39 is 0 Å². The summed E-state index contributed by atoms with van der Waals surface area (Å²) in [5.74, 6) is -0.0231. The van der Waals surface area contributed by atoms with Crippen molar-refractivity contribution in [1.82, 2.24) is 0 Å². The van der Waals surface area contributed by atoms with Crippen molar-refractivity contribution >= 4 is 17.3 Å². The Morgan fingerprint density at radius 1 is 1.50 bits per heavy atom. The predicted octanol–water partition coefficient (Wildman–Crippen LogP) is 0.0670. The van der Waals surface area contributed by atoms with Crippen molar-refractivity contribution in [1.29, 1.82) is 0 Å². The zero-order valence-electron chi connectivity index (χ0n) is 10.0. The van der Waals surface area contributed by atoms with Gasteiger partial charge in [-0.1, -0.05) is 12.1 Å². The van der Waals surface area contributed by atoms with E-state index in [4.69, 9.17) is 0 Å². The van der Waals surface area contributed by atoms with Gasteiger partial charge in [0.2, 0.25) is 5.91 Å². The maximum atomic E-state index is 11.2. The number of hydrogen-bond donors (Lipinski definition) is 2. The molecule has 1 heterocycles. The lowest BCUT2D eigenvalue weighted by Crippen LogP contribution is -3.17. The molecule has 0 saturated heterocycles. The van der Waals surface area contributed by atoms with Crippen LogP contribution in [0, 0.1) is 0 Å². The molecule has 4 heteroatoms. The number of fused-ring (bicyclic) bond motifs is 1. The highest BCUT2D eigenvalue weighted by Crippen LogP contribution is 2.29. The van der Waals surface area contributed by atoms with Crippen LogP contribution in [0.2, 0.25) is 0 Å². The summed E-state index contributed by atoms with van der Waals surface area (Å²) in [7, 11) is 4.19. The van der Waals surface area contributed by atoms with Crippen molar-refractivity contribution in [3.05, 3.63) is 23.8 Å². The summed E-state index contributed by atoms with van der Waals surface area (Å²) in [5.41, 5.74) is 3.35. The number of para-hydroxylation sites is 1. The summed E-state index contributed by atoms with van der Waals surface area (Å²) in [6.07, 6.45) is 1.05. The first-order valence-electron chi connectivity index (χ1n) is 5.55. The third kappa shape index (κ3) is 1.88. The fraction of sp³-hybridized carbons (Fsp3) is 0.417. The van der Waals surface area contributed by atoms with Crippen LogP contribution in [0.1, 0.15) is 12.5 Å². The van der Waals surface area contributed by atoms with Crippen LogP contribution >= 0.6 is 0 Å². The number of amides is 1. The van der Waals surface area contributed by atoms with E-state index in [0.717, 1.165) is 24.3 Å². The van der Waals surface area contributed by atoms with Gasteiger partial charge in [0.05, 0.1) is 19.8 Å². The van der Waals surface area contributed by atoms with Gasteiger partial charge in [-0.15, -0.1) is 0 Å². The summed E-state index contributed by atoms with van der Waals surface area (Å²) in [5, 5.41) is 6.40. The average Bonchev–Trinajstić information content (AvgIpc) is 2.23. The van der Waals surface area contributed by atoms with Crippen molar-refractivity contribution in [3.63, 3.8) is 0 Å². The number of quaternary nitrogens is 1. The Balaban J connectivity index is 2.44. The van der Waals surface area contributed by atoms with E-state index in [1.807, 2.05) is 12.1 Å². The third-order valence-corrected chi connectivity index (χ3v) is 3.09. The predicted molar refractivity (Wildman–Crippen MR) is 64.6 cm³/mol. The van der Waals surface area contributed by atoms with E-state index in [0.29, 0.717) is 0 Å². The summed E-state index contributed by atoms with van der Waals surface area (Å²) < 4.78 is 0. The highest BCUT2D eigenvalue weighted by Gasteiger charge is 2.24. The lowest BCUT2D eigenvalue weighted by molar-refractivity contribution is -0.888. The molecule has 1 unspecified atom stereocenters. The van der Waals surface area contributed by atoms with Gasteiger partial charge in [0.15, 0.2) is 0 Å². The Morgan fingerprint density at radius 3 is 2.94 bits per heavy atom. The molecule has 1 aromatic rings. The molecule has 0 saturated carbocycles. The van der Waals surface area contributed by atoms with Crippen LogP contribution in [0.15, 0.2) is 18.2 Å². The quantitative estimate of drug-likeness (QED) is 0.702. The lowest BCUT2D eigenvalue weighted by atomic mass is 10.1. The van der Waals surface area contributed by atoms with E-state index in [1.165, 1.54) is 10.6 Å². The van der Waals surface area contributed by atoms with Crippen LogP contribution in [0.25, 0.3) is 0 Å². The smallest absolute Gasteiger partial charge is 0.221 e. The second-order valence-corrected chi connectivity index (χ2v) is 4.29. The highest BCUT2D eigenvalue weighted by molar-refractivity contribution is 5.93. The fourth-order valence-electron chi connectivity index (χ4n) is 2.15. The van der Waals surface area contributed by atoms with Gasteiger partial charge in [-0.2, -0.15) is 0 Å². The number of likely N-dealkylation sites (N-methyl/N-ethyl adjacent to an activating group) is 1. The Morgan fingerprint density at radius 2 is 2.25 bits per heavy atom. The number of anilines is 2. The first kappa shape index (κ1) is 11.0. The van der Waals surface area contributed by atoms with Gasteiger partial charge in [-0.25, -0.2) is 10.0 Å². The maximum Gasteiger partial charge on any atom is 0.221 e. The lowest BCUT2D eigenvalue weighted by Gasteiger charge is -2.33. The minimum Gasteiger partial charge on any atom is -0.324 e. The second kappa shape index (κ2) is 4.14. The van der Waals surface area contributed by atoms with Gasteiger partial charge in [-0.3, -0.25) is 4.79 Å². The number of nitrogens with zero attached hydrogens (tertiary/aromatic N) is 1. The molecule has 1 amide bonds. The van der Waals surface area contributed by atoms with Crippen molar-refractivity contribution < 1.29 is 9.80 Å². The molecule has 0 spiro atoms. The molecule has 1 aliphatic heterocycles. The van der Waals surface area contributed by atoms with Crippen molar-refractivity contribution in [2.24, 2.45) is 0 Å². The molecule has 2 N–H and O–H groups in total. The van der Waals surface area contributed by atoms with E-state index >= 15 is 0 Å². The first-order chi connectivity index (χ1) is 7.59.